The van der Waals surface area contributed by atoms with Gasteiger partial charge in [0.1, 0.15) is 5.69 Å². The molecule has 0 aliphatic carbocycles. The molecule has 4 nitrogen and oxygen atoms in total. The molecule has 0 bridgehead atoms. The predicted octanol–water partition coefficient (Wildman–Crippen LogP) is 3.30. The van der Waals surface area contributed by atoms with Crippen LogP contribution in [0.3, 0.4) is 0 Å². The number of benzene rings is 1. The van der Waals surface area contributed by atoms with E-state index in [9.17, 15) is 4.79 Å². The van der Waals surface area contributed by atoms with Gasteiger partial charge in [-0.25, -0.2) is 4.98 Å². The molecule has 1 heterocycles. The van der Waals surface area contributed by atoms with E-state index in [-0.39, 0.29) is 0 Å². The number of aryl methyl sites for hydroxylation is 1. The summed E-state index contributed by atoms with van der Waals surface area (Å²) in [5.74, 6) is -0.479. The van der Waals surface area contributed by atoms with E-state index in [4.69, 9.17) is 10.5 Å². The Morgan fingerprint density at radius 3 is 2.71 bits per heavy atom. The molecule has 0 unspecified atom stereocenters. The van der Waals surface area contributed by atoms with Gasteiger partial charge in [-0.1, -0.05) is 43.7 Å². The van der Waals surface area contributed by atoms with E-state index >= 15 is 0 Å². The first-order chi connectivity index (χ1) is 10.2. The first kappa shape index (κ1) is 15.7. The smallest absolute Gasteiger partial charge is 0.268 e. The van der Waals surface area contributed by atoms with E-state index in [0.717, 1.165) is 34.7 Å². The van der Waals surface area contributed by atoms with Crippen molar-refractivity contribution in [1.29, 1.82) is 0 Å². The topological polar surface area (TPSA) is 65.2 Å². The highest BCUT2D eigenvalue weighted by Crippen LogP contribution is 2.21. The van der Waals surface area contributed by atoms with E-state index in [1.165, 1.54) is 11.3 Å². The summed E-state index contributed by atoms with van der Waals surface area (Å²) >= 11 is 1.53. The number of rotatable bonds is 8. The van der Waals surface area contributed by atoms with Crippen LogP contribution in [-0.2, 0) is 24.4 Å². The van der Waals surface area contributed by atoms with Crippen LogP contribution in [0.2, 0.25) is 0 Å². The van der Waals surface area contributed by atoms with Crippen molar-refractivity contribution in [2.24, 2.45) is 5.73 Å². The lowest BCUT2D eigenvalue weighted by molar-refractivity contribution is 0.0968. The molecule has 5 heteroatoms. The van der Waals surface area contributed by atoms with Gasteiger partial charge < -0.3 is 10.5 Å². The van der Waals surface area contributed by atoms with Gasteiger partial charge in [0.15, 0.2) is 0 Å². The molecule has 0 fully saturated rings. The van der Waals surface area contributed by atoms with Crippen LogP contribution in [0.4, 0.5) is 0 Å². The summed E-state index contributed by atoms with van der Waals surface area (Å²) in [5.41, 5.74) is 6.85. The van der Waals surface area contributed by atoms with Gasteiger partial charge in [0.2, 0.25) is 0 Å². The molecule has 1 amide bonds. The van der Waals surface area contributed by atoms with E-state index in [2.05, 4.69) is 11.9 Å². The number of hydrogen-bond acceptors (Lipinski definition) is 4. The van der Waals surface area contributed by atoms with Crippen LogP contribution in [0.5, 0.6) is 0 Å². The van der Waals surface area contributed by atoms with Gasteiger partial charge in [-0.15, -0.1) is 11.3 Å². The molecule has 21 heavy (non-hydrogen) atoms. The molecule has 0 radical (unpaired) electrons. The highest BCUT2D eigenvalue weighted by atomic mass is 32.1. The van der Waals surface area contributed by atoms with E-state index in [1.807, 2.05) is 30.3 Å². The average molecular weight is 304 g/mol. The number of primary amides is 1. The normalized spacial score (nSPS) is 10.7. The number of carbonyl (C=O) groups excluding carboxylic acids is 1. The molecule has 0 saturated carbocycles. The minimum absolute atomic E-state index is 0.360. The van der Waals surface area contributed by atoms with Gasteiger partial charge in [0, 0.05) is 0 Å². The maximum Gasteiger partial charge on any atom is 0.268 e. The zero-order chi connectivity index (χ0) is 15.1. The first-order valence-corrected chi connectivity index (χ1v) is 7.92. The number of thiazole rings is 1. The third-order valence-corrected chi connectivity index (χ3v) is 4.15. The van der Waals surface area contributed by atoms with Crippen LogP contribution in [-0.4, -0.2) is 10.9 Å². The molecule has 112 valence electrons. The summed E-state index contributed by atoms with van der Waals surface area (Å²) in [4.78, 5) is 16.6. The standard InChI is InChI=1S/C16H20N2O2S/c1-2-3-9-14-18-15(16(17)19)13(21-14)11-20-10-12-7-5-4-6-8-12/h4-8H,2-3,9-11H2,1H3,(H2,17,19). The van der Waals surface area contributed by atoms with Crippen molar-refractivity contribution in [3.05, 3.63) is 51.5 Å². The lowest BCUT2D eigenvalue weighted by Crippen LogP contribution is -2.14. The van der Waals surface area contributed by atoms with Crippen LogP contribution in [0.25, 0.3) is 0 Å². The second-order valence-electron chi connectivity index (χ2n) is 4.83. The summed E-state index contributed by atoms with van der Waals surface area (Å²) in [6.45, 7) is 3.02. The van der Waals surface area contributed by atoms with Crippen molar-refractivity contribution >= 4 is 17.2 Å². The molecular weight excluding hydrogens is 284 g/mol. The minimum Gasteiger partial charge on any atom is -0.371 e. The molecule has 1 aromatic carbocycles. The van der Waals surface area contributed by atoms with Gasteiger partial charge in [0.05, 0.1) is 23.1 Å². The van der Waals surface area contributed by atoms with E-state index in [1.54, 1.807) is 0 Å². The number of unbranched alkanes of at least 4 members (excludes halogenated alkanes) is 1. The van der Waals surface area contributed by atoms with Crippen LogP contribution >= 0.6 is 11.3 Å². The molecule has 0 spiro atoms. The molecule has 1 aromatic heterocycles. The number of amides is 1. The molecular formula is C16H20N2O2S. The van der Waals surface area contributed by atoms with Crippen LogP contribution in [0.15, 0.2) is 30.3 Å². The zero-order valence-electron chi connectivity index (χ0n) is 12.2. The van der Waals surface area contributed by atoms with E-state index in [0.29, 0.717) is 18.9 Å². The second kappa shape index (κ2) is 7.90. The Morgan fingerprint density at radius 2 is 2.05 bits per heavy atom. The zero-order valence-corrected chi connectivity index (χ0v) is 13.0. The molecule has 2 rings (SSSR count). The maximum absolute atomic E-state index is 11.5. The Morgan fingerprint density at radius 1 is 1.29 bits per heavy atom. The monoisotopic (exact) mass is 304 g/mol. The summed E-state index contributed by atoms with van der Waals surface area (Å²) < 4.78 is 5.68. The number of hydrogen-bond donors (Lipinski definition) is 1. The molecule has 0 saturated heterocycles. The molecule has 0 aliphatic heterocycles. The lowest BCUT2D eigenvalue weighted by Gasteiger charge is -2.03. The lowest BCUT2D eigenvalue weighted by atomic mass is 10.2. The third-order valence-electron chi connectivity index (χ3n) is 3.06. The summed E-state index contributed by atoms with van der Waals surface area (Å²) in [6.07, 6.45) is 3.06. The van der Waals surface area contributed by atoms with Crippen molar-refractivity contribution in [2.75, 3.05) is 0 Å². The Kier molecular flexibility index (Phi) is 5.90. The van der Waals surface area contributed by atoms with Crippen LogP contribution in [0, 0.1) is 0 Å². The fourth-order valence-corrected chi connectivity index (χ4v) is 3.01. The number of aromatic nitrogens is 1. The van der Waals surface area contributed by atoms with Gasteiger partial charge in [-0.05, 0) is 18.4 Å². The fourth-order valence-electron chi connectivity index (χ4n) is 1.96. The number of ether oxygens (including phenoxy) is 1. The molecule has 2 aromatic rings. The molecule has 2 N–H and O–H groups in total. The number of nitrogens with zero attached hydrogens (tertiary/aromatic N) is 1. The summed E-state index contributed by atoms with van der Waals surface area (Å²) in [5, 5.41) is 0.962. The van der Waals surface area contributed by atoms with Crippen molar-refractivity contribution in [1.82, 2.24) is 4.98 Å². The Balaban J connectivity index is 1.97. The minimum atomic E-state index is -0.479. The van der Waals surface area contributed by atoms with Crippen molar-refractivity contribution in [2.45, 2.75) is 39.4 Å². The average Bonchev–Trinajstić information content (AvgIpc) is 2.90. The Bertz CT molecular complexity index is 581. The van der Waals surface area contributed by atoms with Gasteiger partial charge >= 0.3 is 0 Å². The predicted molar refractivity (Wildman–Crippen MR) is 84.2 cm³/mol. The third kappa shape index (κ3) is 4.65. The van der Waals surface area contributed by atoms with Crippen LogP contribution in [0.1, 0.15) is 45.7 Å². The highest BCUT2D eigenvalue weighted by molar-refractivity contribution is 7.11. The quantitative estimate of drug-likeness (QED) is 0.813. The summed E-state index contributed by atoms with van der Waals surface area (Å²) in [6, 6.07) is 9.94. The van der Waals surface area contributed by atoms with Crippen molar-refractivity contribution < 1.29 is 9.53 Å². The van der Waals surface area contributed by atoms with Gasteiger partial charge in [0.25, 0.3) is 5.91 Å². The number of carbonyl (C=O) groups is 1. The SMILES string of the molecule is CCCCc1nc(C(N)=O)c(COCc2ccccc2)s1. The van der Waals surface area contributed by atoms with Gasteiger partial charge in [-0.3, -0.25) is 4.79 Å². The largest absolute Gasteiger partial charge is 0.371 e. The maximum atomic E-state index is 11.5. The number of nitrogens with two attached hydrogens (primary N) is 1. The highest BCUT2D eigenvalue weighted by Gasteiger charge is 2.15. The first-order valence-electron chi connectivity index (χ1n) is 7.10. The van der Waals surface area contributed by atoms with Crippen molar-refractivity contribution in [3.8, 4) is 0 Å². The molecule has 0 atom stereocenters. The summed E-state index contributed by atoms with van der Waals surface area (Å²) in [7, 11) is 0. The van der Waals surface area contributed by atoms with E-state index < -0.39 is 5.91 Å². The van der Waals surface area contributed by atoms with Crippen molar-refractivity contribution in [3.63, 3.8) is 0 Å². The van der Waals surface area contributed by atoms with Gasteiger partial charge in [-0.2, -0.15) is 0 Å². The second-order valence-corrected chi connectivity index (χ2v) is 5.99. The van der Waals surface area contributed by atoms with Crippen LogP contribution < -0.4 is 5.73 Å². The molecule has 0 aliphatic rings. The Labute approximate surface area is 129 Å². The Hall–Kier alpha value is -1.72. The fraction of sp³-hybridized carbons (Fsp3) is 0.375.